The van der Waals surface area contributed by atoms with Crippen LogP contribution >= 0.6 is 11.3 Å². The van der Waals surface area contributed by atoms with Crippen molar-refractivity contribution in [3.63, 3.8) is 0 Å². The first-order valence-corrected chi connectivity index (χ1v) is 7.53. The number of aryl methyl sites for hydroxylation is 1. The lowest BCUT2D eigenvalue weighted by atomic mass is 10.3. The Bertz CT molecular complexity index is 811. The van der Waals surface area contributed by atoms with Gasteiger partial charge in [-0.25, -0.2) is 4.98 Å². The molecule has 0 saturated heterocycles. The normalized spacial score (nSPS) is 12.5. The Labute approximate surface area is 125 Å². The summed E-state index contributed by atoms with van der Waals surface area (Å²) in [5.74, 6) is 0.694. The molecule has 21 heavy (non-hydrogen) atoms. The maximum atomic E-state index is 12.4. The van der Waals surface area contributed by atoms with Crippen LogP contribution in [0, 0.1) is 6.92 Å². The van der Waals surface area contributed by atoms with Crippen molar-refractivity contribution >= 4 is 21.6 Å². The van der Waals surface area contributed by atoms with Crippen molar-refractivity contribution < 1.29 is 4.74 Å². The van der Waals surface area contributed by atoms with E-state index in [-0.39, 0.29) is 11.7 Å². The molecular weight excluding hydrogens is 286 g/mol. The summed E-state index contributed by atoms with van der Waals surface area (Å²) >= 11 is 1.44. The largest absolute Gasteiger partial charge is 0.487 e. The van der Waals surface area contributed by atoms with Crippen molar-refractivity contribution in [2.24, 2.45) is 0 Å². The first kappa shape index (κ1) is 13.8. The second-order valence-electron chi connectivity index (χ2n) is 4.92. The number of thiophene rings is 1. The summed E-state index contributed by atoms with van der Waals surface area (Å²) in [4.78, 5) is 20.8. The third-order valence-electron chi connectivity index (χ3n) is 3.15. The van der Waals surface area contributed by atoms with Crippen molar-refractivity contribution in [3.8, 4) is 5.75 Å². The van der Waals surface area contributed by atoms with Crippen molar-refractivity contribution in [2.45, 2.75) is 26.5 Å². The number of hydrogen-bond donors (Lipinski definition) is 0. The van der Waals surface area contributed by atoms with Gasteiger partial charge in [0.05, 0.1) is 24.6 Å². The van der Waals surface area contributed by atoms with E-state index >= 15 is 0 Å². The zero-order valence-electron chi connectivity index (χ0n) is 11.8. The molecular formula is C15H15N3O2S. The van der Waals surface area contributed by atoms with Crippen molar-refractivity contribution in [3.05, 3.63) is 52.2 Å². The summed E-state index contributed by atoms with van der Waals surface area (Å²) < 4.78 is 8.04. The highest BCUT2D eigenvalue weighted by Crippen LogP contribution is 2.19. The summed E-state index contributed by atoms with van der Waals surface area (Å²) in [5, 5.41) is 1.96. The molecule has 6 heteroatoms. The Hall–Kier alpha value is -2.21. The predicted octanol–water partition coefficient (Wildman–Crippen LogP) is 2.63. The van der Waals surface area contributed by atoms with Crippen LogP contribution in [0.25, 0.3) is 10.2 Å². The first-order chi connectivity index (χ1) is 10.1. The number of pyridine rings is 1. The molecule has 0 radical (unpaired) electrons. The van der Waals surface area contributed by atoms with E-state index in [0.29, 0.717) is 17.0 Å². The Morgan fingerprint density at radius 2 is 2.33 bits per heavy atom. The fraction of sp³-hybridized carbons (Fsp3) is 0.267. The van der Waals surface area contributed by atoms with Crippen LogP contribution < -0.4 is 10.3 Å². The van der Waals surface area contributed by atoms with E-state index in [1.54, 1.807) is 23.3 Å². The second-order valence-corrected chi connectivity index (χ2v) is 5.80. The topological polar surface area (TPSA) is 57.0 Å². The van der Waals surface area contributed by atoms with Crippen LogP contribution in [0.1, 0.15) is 12.5 Å². The highest BCUT2D eigenvalue weighted by atomic mass is 32.1. The molecule has 0 fully saturated rings. The summed E-state index contributed by atoms with van der Waals surface area (Å²) in [5.41, 5.74) is 1.82. The Kier molecular flexibility index (Phi) is 3.70. The summed E-state index contributed by atoms with van der Waals surface area (Å²) in [7, 11) is 0. The molecule has 0 aliphatic rings. The summed E-state index contributed by atoms with van der Waals surface area (Å²) in [6.45, 7) is 4.33. The highest BCUT2D eigenvalue weighted by molar-refractivity contribution is 7.17. The molecule has 0 aliphatic carbocycles. The van der Waals surface area contributed by atoms with E-state index < -0.39 is 0 Å². The molecule has 0 bridgehead atoms. The molecule has 0 N–H and O–H groups in total. The van der Waals surface area contributed by atoms with Gasteiger partial charge in [-0.05, 0) is 36.9 Å². The maximum Gasteiger partial charge on any atom is 0.271 e. The third-order valence-corrected chi connectivity index (χ3v) is 4.22. The van der Waals surface area contributed by atoms with Gasteiger partial charge in [-0.2, -0.15) is 0 Å². The molecule has 0 aliphatic heterocycles. The molecule has 0 amide bonds. The average Bonchev–Trinajstić information content (AvgIpc) is 2.85. The van der Waals surface area contributed by atoms with E-state index in [2.05, 4.69) is 9.97 Å². The number of hydrogen-bond acceptors (Lipinski definition) is 5. The van der Waals surface area contributed by atoms with Crippen LogP contribution in [0.5, 0.6) is 5.75 Å². The van der Waals surface area contributed by atoms with E-state index in [4.69, 9.17) is 4.74 Å². The lowest BCUT2D eigenvalue weighted by Crippen LogP contribution is -2.28. The zero-order chi connectivity index (χ0) is 14.8. The van der Waals surface area contributed by atoms with Gasteiger partial charge < -0.3 is 4.74 Å². The van der Waals surface area contributed by atoms with Crippen molar-refractivity contribution in [1.82, 2.24) is 14.5 Å². The zero-order valence-corrected chi connectivity index (χ0v) is 12.6. The van der Waals surface area contributed by atoms with Crippen molar-refractivity contribution in [1.29, 1.82) is 0 Å². The van der Waals surface area contributed by atoms with Gasteiger partial charge in [-0.1, -0.05) is 0 Å². The fourth-order valence-corrected chi connectivity index (χ4v) is 3.10. The number of rotatable bonds is 4. The molecule has 3 heterocycles. The van der Waals surface area contributed by atoms with Gasteiger partial charge >= 0.3 is 0 Å². The van der Waals surface area contributed by atoms with Gasteiger partial charge in [0.25, 0.3) is 5.56 Å². The van der Waals surface area contributed by atoms with Gasteiger partial charge in [0.2, 0.25) is 0 Å². The predicted molar refractivity (Wildman–Crippen MR) is 82.9 cm³/mol. The summed E-state index contributed by atoms with van der Waals surface area (Å²) in [6, 6.07) is 3.66. The molecule has 0 saturated carbocycles. The van der Waals surface area contributed by atoms with Crippen LogP contribution in [0.4, 0.5) is 0 Å². The van der Waals surface area contributed by atoms with Crippen LogP contribution in [-0.2, 0) is 6.54 Å². The quantitative estimate of drug-likeness (QED) is 0.743. The van der Waals surface area contributed by atoms with E-state index in [1.807, 2.05) is 31.4 Å². The fourth-order valence-electron chi connectivity index (χ4n) is 2.15. The van der Waals surface area contributed by atoms with Crippen molar-refractivity contribution in [2.75, 3.05) is 0 Å². The first-order valence-electron chi connectivity index (χ1n) is 6.65. The Morgan fingerprint density at radius 3 is 3.10 bits per heavy atom. The minimum absolute atomic E-state index is 0.0141. The minimum Gasteiger partial charge on any atom is -0.487 e. The minimum atomic E-state index is -0.146. The van der Waals surface area contributed by atoms with Gasteiger partial charge in [-0.15, -0.1) is 11.3 Å². The highest BCUT2D eigenvalue weighted by Gasteiger charge is 2.11. The van der Waals surface area contributed by atoms with Gasteiger partial charge in [0, 0.05) is 6.20 Å². The van der Waals surface area contributed by atoms with Crippen LogP contribution in [0.2, 0.25) is 0 Å². The standard InChI is InChI=1S/C15H15N3O2S/c1-10-8-21-14-13(10)17-9-18(15(14)19)7-11(2)20-12-4-3-5-16-6-12/h3-6,8-9,11H,7H2,1-2H3/t11-/m1/s1. The number of fused-ring (bicyclic) bond motifs is 1. The molecule has 3 aromatic heterocycles. The van der Waals surface area contributed by atoms with E-state index in [1.165, 1.54) is 11.3 Å². The number of nitrogens with zero attached hydrogens (tertiary/aromatic N) is 3. The Balaban J connectivity index is 1.81. The monoisotopic (exact) mass is 301 g/mol. The van der Waals surface area contributed by atoms with Crippen LogP contribution in [-0.4, -0.2) is 20.6 Å². The smallest absolute Gasteiger partial charge is 0.271 e. The molecule has 3 aromatic rings. The van der Waals surface area contributed by atoms with E-state index in [9.17, 15) is 4.79 Å². The maximum absolute atomic E-state index is 12.4. The SMILES string of the molecule is Cc1csc2c(=O)n(C[C@@H](C)Oc3cccnc3)cnc12. The second kappa shape index (κ2) is 5.65. The number of ether oxygens (including phenoxy) is 1. The molecule has 0 unspecified atom stereocenters. The molecule has 0 spiro atoms. The molecule has 3 rings (SSSR count). The third kappa shape index (κ3) is 2.80. The van der Waals surface area contributed by atoms with Gasteiger partial charge in [0.1, 0.15) is 16.6 Å². The molecule has 1 atom stereocenters. The van der Waals surface area contributed by atoms with Crippen LogP contribution in [0.3, 0.4) is 0 Å². The lowest BCUT2D eigenvalue weighted by molar-refractivity contribution is 0.197. The Morgan fingerprint density at radius 1 is 1.48 bits per heavy atom. The van der Waals surface area contributed by atoms with E-state index in [0.717, 1.165) is 11.1 Å². The van der Waals surface area contributed by atoms with Gasteiger partial charge in [0.15, 0.2) is 0 Å². The molecule has 0 aromatic carbocycles. The number of aromatic nitrogens is 3. The van der Waals surface area contributed by atoms with Gasteiger partial charge in [-0.3, -0.25) is 14.3 Å². The van der Waals surface area contributed by atoms with Crippen LogP contribution in [0.15, 0.2) is 41.0 Å². The summed E-state index contributed by atoms with van der Waals surface area (Å²) in [6.07, 6.45) is 4.79. The molecule has 108 valence electrons. The average molecular weight is 301 g/mol. The molecule has 5 nitrogen and oxygen atoms in total. The lowest BCUT2D eigenvalue weighted by Gasteiger charge is -2.15.